The fourth-order valence-corrected chi connectivity index (χ4v) is 1.71. The van der Waals surface area contributed by atoms with Crippen LogP contribution in [0.5, 0.6) is 5.75 Å². The fourth-order valence-electron chi connectivity index (χ4n) is 1.36. The molecule has 0 aliphatic carbocycles. The Labute approximate surface area is 114 Å². The number of halogens is 1. The van der Waals surface area contributed by atoms with Gasteiger partial charge in [0, 0.05) is 24.4 Å². The molecule has 1 rings (SSSR count). The second-order valence-electron chi connectivity index (χ2n) is 3.74. The number of phenolic OH excluding ortho intramolecular Hbond substituents is 1. The first-order valence-corrected chi connectivity index (χ1v) is 6.31. The lowest BCUT2D eigenvalue weighted by Gasteiger charge is -2.07. The van der Waals surface area contributed by atoms with Gasteiger partial charge in [0.1, 0.15) is 5.75 Å². The van der Waals surface area contributed by atoms with Gasteiger partial charge in [-0.05, 0) is 24.6 Å². The van der Waals surface area contributed by atoms with E-state index in [9.17, 15) is 14.7 Å². The molecular formula is C12H15BrN2O3. The molecule has 0 heterocycles. The van der Waals surface area contributed by atoms with Crippen molar-refractivity contribution in [2.24, 2.45) is 0 Å². The standard InChI is InChI=1S/C12H15BrN2O3/c1-14-11(17)3-2-4-12(18)15-9-6-5-8(13)7-10(9)16/h5-7,16H,2-4H2,1H3,(H,14,17)(H,15,18). The predicted molar refractivity (Wildman–Crippen MR) is 72.4 cm³/mol. The molecule has 0 radical (unpaired) electrons. The van der Waals surface area contributed by atoms with Crippen molar-refractivity contribution < 1.29 is 14.7 Å². The molecule has 0 saturated heterocycles. The molecule has 0 spiro atoms. The molecule has 0 saturated carbocycles. The van der Waals surface area contributed by atoms with Gasteiger partial charge >= 0.3 is 0 Å². The molecule has 0 aliphatic rings. The van der Waals surface area contributed by atoms with Crippen molar-refractivity contribution in [1.82, 2.24) is 5.32 Å². The number of anilines is 1. The van der Waals surface area contributed by atoms with E-state index in [1.807, 2.05) is 0 Å². The number of carbonyl (C=O) groups excluding carboxylic acids is 2. The van der Waals surface area contributed by atoms with E-state index in [0.29, 0.717) is 18.5 Å². The summed E-state index contributed by atoms with van der Waals surface area (Å²) in [4.78, 5) is 22.5. The lowest BCUT2D eigenvalue weighted by Crippen LogP contribution is -2.18. The molecule has 2 amide bonds. The van der Waals surface area contributed by atoms with E-state index in [-0.39, 0.29) is 24.0 Å². The first-order chi connectivity index (χ1) is 8.52. The fraction of sp³-hybridized carbons (Fsp3) is 0.333. The maximum Gasteiger partial charge on any atom is 0.224 e. The number of phenols is 1. The number of rotatable bonds is 5. The summed E-state index contributed by atoms with van der Waals surface area (Å²) in [5.74, 6) is -0.310. The highest BCUT2D eigenvalue weighted by atomic mass is 79.9. The van der Waals surface area contributed by atoms with E-state index in [0.717, 1.165) is 4.47 Å². The summed E-state index contributed by atoms with van der Waals surface area (Å²) in [5.41, 5.74) is 0.364. The first kappa shape index (κ1) is 14.5. The predicted octanol–water partition coefficient (Wildman–Crippen LogP) is 2.01. The molecule has 3 N–H and O–H groups in total. The molecule has 0 aromatic heterocycles. The molecule has 6 heteroatoms. The third-order valence-corrected chi connectivity index (χ3v) is 2.81. The van der Waals surface area contributed by atoms with Crippen LogP contribution in [0.1, 0.15) is 19.3 Å². The van der Waals surface area contributed by atoms with E-state index < -0.39 is 0 Å². The second kappa shape index (κ2) is 7.00. The van der Waals surface area contributed by atoms with E-state index in [1.54, 1.807) is 19.2 Å². The number of carbonyl (C=O) groups is 2. The SMILES string of the molecule is CNC(=O)CCCC(=O)Nc1ccc(Br)cc1O. The van der Waals surface area contributed by atoms with Crippen LogP contribution in [-0.4, -0.2) is 24.0 Å². The smallest absolute Gasteiger partial charge is 0.224 e. The Bertz CT molecular complexity index is 449. The van der Waals surface area contributed by atoms with E-state index in [2.05, 4.69) is 26.6 Å². The monoisotopic (exact) mass is 314 g/mol. The number of amides is 2. The summed E-state index contributed by atoms with van der Waals surface area (Å²) in [6, 6.07) is 4.83. The molecule has 0 aliphatic heterocycles. The normalized spacial score (nSPS) is 9.89. The Hall–Kier alpha value is -1.56. The minimum absolute atomic E-state index is 0.00373. The van der Waals surface area contributed by atoms with Crippen LogP contribution >= 0.6 is 15.9 Å². The molecule has 1 aromatic rings. The highest BCUT2D eigenvalue weighted by Crippen LogP contribution is 2.26. The minimum atomic E-state index is -0.225. The van der Waals surface area contributed by atoms with Crippen molar-refractivity contribution >= 4 is 33.4 Å². The summed E-state index contributed by atoms with van der Waals surface area (Å²) < 4.78 is 0.734. The van der Waals surface area contributed by atoms with E-state index in [4.69, 9.17) is 0 Å². The molecule has 0 atom stereocenters. The molecular weight excluding hydrogens is 300 g/mol. The van der Waals surface area contributed by atoms with Gasteiger partial charge < -0.3 is 15.7 Å². The zero-order chi connectivity index (χ0) is 13.5. The topological polar surface area (TPSA) is 78.4 Å². The zero-order valence-electron chi connectivity index (χ0n) is 10.00. The number of benzene rings is 1. The quantitative estimate of drug-likeness (QED) is 0.727. The number of nitrogens with one attached hydrogen (secondary N) is 2. The second-order valence-corrected chi connectivity index (χ2v) is 4.65. The van der Waals surface area contributed by atoms with Gasteiger partial charge in [-0.1, -0.05) is 15.9 Å². The molecule has 98 valence electrons. The number of hydrogen-bond acceptors (Lipinski definition) is 3. The molecule has 0 unspecified atom stereocenters. The summed E-state index contributed by atoms with van der Waals surface area (Å²) in [6.45, 7) is 0. The van der Waals surface area contributed by atoms with Gasteiger partial charge in [0.25, 0.3) is 0 Å². The lowest BCUT2D eigenvalue weighted by atomic mass is 10.2. The van der Waals surface area contributed by atoms with Gasteiger partial charge in [0.05, 0.1) is 5.69 Å². The van der Waals surface area contributed by atoms with Crippen LogP contribution in [0.4, 0.5) is 5.69 Å². The summed E-state index contributed by atoms with van der Waals surface area (Å²) >= 11 is 3.21. The molecule has 0 fully saturated rings. The van der Waals surface area contributed by atoms with Crippen molar-refractivity contribution in [3.63, 3.8) is 0 Å². The highest BCUT2D eigenvalue weighted by molar-refractivity contribution is 9.10. The maximum atomic E-state index is 11.6. The first-order valence-electron chi connectivity index (χ1n) is 5.52. The van der Waals surface area contributed by atoms with Gasteiger partial charge in [0.15, 0.2) is 0 Å². The van der Waals surface area contributed by atoms with Crippen molar-refractivity contribution in [2.45, 2.75) is 19.3 Å². The molecule has 1 aromatic carbocycles. The highest BCUT2D eigenvalue weighted by Gasteiger charge is 2.07. The van der Waals surface area contributed by atoms with Crippen LogP contribution in [0, 0.1) is 0 Å². The van der Waals surface area contributed by atoms with Gasteiger partial charge in [-0.25, -0.2) is 0 Å². The Morgan fingerprint density at radius 3 is 2.56 bits per heavy atom. The number of hydrogen-bond donors (Lipinski definition) is 3. The minimum Gasteiger partial charge on any atom is -0.506 e. The lowest BCUT2D eigenvalue weighted by molar-refractivity contribution is -0.120. The number of aromatic hydroxyl groups is 1. The Morgan fingerprint density at radius 2 is 1.94 bits per heavy atom. The van der Waals surface area contributed by atoms with Crippen molar-refractivity contribution in [3.05, 3.63) is 22.7 Å². The van der Waals surface area contributed by atoms with E-state index >= 15 is 0 Å². The van der Waals surface area contributed by atoms with Crippen LogP contribution < -0.4 is 10.6 Å². The molecule has 18 heavy (non-hydrogen) atoms. The summed E-state index contributed by atoms with van der Waals surface area (Å²) in [6.07, 6.45) is 1.03. The molecule has 0 bridgehead atoms. The van der Waals surface area contributed by atoms with Crippen LogP contribution in [-0.2, 0) is 9.59 Å². The average Bonchev–Trinajstić information content (AvgIpc) is 2.32. The van der Waals surface area contributed by atoms with Gasteiger partial charge in [-0.15, -0.1) is 0 Å². The average molecular weight is 315 g/mol. The summed E-state index contributed by atoms with van der Waals surface area (Å²) in [7, 11) is 1.56. The van der Waals surface area contributed by atoms with Crippen molar-refractivity contribution in [3.8, 4) is 5.75 Å². The third-order valence-electron chi connectivity index (χ3n) is 2.32. The van der Waals surface area contributed by atoms with Crippen molar-refractivity contribution in [1.29, 1.82) is 0 Å². The Kier molecular flexibility index (Phi) is 5.64. The van der Waals surface area contributed by atoms with Crippen LogP contribution in [0.2, 0.25) is 0 Å². The maximum absolute atomic E-state index is 11.6. The van der Waals surface area contributed by atoms with Crippen LogP contribution in [0.25, 0.3) is 0 Å². The van der Waals surface area contributed by atoms with Gasteiger partial charge in [-0.3, -0.25) is 9.59 Å². The van der Waals surface area contributed by atoms with Crippen LogP contribution in [0.3, 0.4) is 0 Å². The zero-order valence-corrected chi connectivity index (χ0v) is 11.6. The third kappa shape index (κ3) is 4.75. The Balaban J connectivity index is 2.42. The Morgan fingerprint density at radius 1 is 1.28 bits per heavy atom. The van der Waals surface area contributed by atoms with E-state index in [1.165, 1.54) is 6.07 Å². The van der Waals surface area contributed by atoms with Gasteiger partial charge in [-0.2, -0.15) is 0 Å². The molecule has 5 nitrogen and oxygen atoms in total. The van der Waals surface area contributed by atoms with Crippen molar-refractivity contribution in [2.75, 3.05) is 12.4 Å². The summed E-state index contributed by atoms with van der Waals surface area (Å²) in [5, 5.41) is 14.7. The van der Waals surface area contributed by atoms with Gasteiger partial charge in [0.2, 0.25) is 11.8 Å². The van der Waals surface area contributed by atoms with Crippen LogP contribution in [0.15, 0.2) is 22.7 Å². The largest absolute Gasteiger partial charge is 0.506 e.